The van der Waals surface area contributed by atoms with Crippen molar-refractivity contribution in [2.45, 2.75) is 82.0 Å². The van der Waals surface area contributed by atoms with Gasteiger partial charge in [0.1, 0.15) is 0 Å². The first kappa shape index (κ1) is 22.4. The van der Waals surface area contributed by atoms with Gasteiger partial charge in [0.25, 0.3) is 0 Å². The van der Waals surface area contributed by atoms with Crippen LogP contribution in [0.4, 0.5) is 0 Å². The monoisotopic (exact) mass is 428 g/mol. The quantitative estimate of drug-likeness (QED) is 0.482. The summed E-state index contributed by atoms with van der Waals surface area (Å²) in [6.07, 6.45) is 9.73. The van der Waals surface area contributed by atoms with Crippen LogP contribution >= 0.6 is 11.8 Å². The third kappa shape index (κ3) is 5.88. The SMILES string of the molecule is CCNC(=NCC1(N2CCSCC2)CCCC1)NC1CCCC(S(=O)CC)C1. The van der Waals surface area contributed by atoms with Gasteiger partial charge >= 0.3 is 0 Å². The summed E-state index contributed by atoms with van der Waals surface area (Å²) >= 11 is 2.09. The molecule has 1 aliphatic heterocycles. The van der Waals surface area contributed by atoms with E-state index in [1.165, 1.54) is 56.7 Å². The third-order valence-electron chi connectivity index (χ3n) is 6.72. The van der Waals surface area contributed by atoms with Crippen LogP contribution in [0.1, 0.15) is 65.2 Å². The first-order valence-corrected chi connectivity index (χ1v) is 14.0. The second-order valence-corrected chi connectivity index (χ2v) is 11.8. The number of nitrogens with one attached hydrogen (secondary N) is 2. The molecular weight excluding hydrogens is 388 g/mol. The molecule has 3 unspecified atom stereocenters. The minimum absolute atomic E-state index is 0.280. The number of rotatable bonds is 7. The summed E-state index contributed by atoms with van der Waals surface area (Å²) in [6, 6.07) is 0.401. The predicted molar refractivity (Wildman–Crippen MR) is 124 cm³/mol. The maximum Gasteiger partial charge on any atom is 0.191 e. The number of hydrogen-bond acceptors (Lipinski definition) is 4. The molecule has 162 valence electrons. The summed E-state index contributed by atoms with van der Waals surface area (Å²) < 4.78 is 12.3. The Morgan fingerprint density at radius 2 is 1.93 bits per heavy atom. The van der Waals surface area contributed by atoms with Gasteiger partial charge in [-0.15, -0.1) is 0 Å². The molecule has 3 aliphatic rings. The van der Waals surface area contributed by atoms with Crippen molar-refractivity contribution in [1.82, 2.24) is 15.5 Å². The van der Waals surface area contributed by atoms with Crippen LogP contribution < -0.4 is 10.6 Å². The van der Waals surface area contributed by atoms with Gasteiger partial charge in [0, 0.05) is 64.5 Å². The summed E-state index contributed by atoms with van der Waals surface area (Å²) in [5.74, 6) is 4.28. The van der Waals surface area contributed by atoms with E-state index in [1.807, 2.05) is 6.92 Å². The molecule has 3 atom stereocenters. The Morgan fingerprint density at radius 3 is 2.61 bits per heavy atom. The lowest BCUT2D eigenvalue weighted by Crippen LogP contribution is -2.53. The Bertz CT molecular complexity index is 530. The zero-order valence-electron chi connectivity index (χ0n) is 17.9. The van der Waals surface area contributed by atoms with E-state index in [1.54, 1.807) is 0 Å². The van der Waals surface area contributed by atoms with E-state index in [0.717, 1.165) is 44.1 Å². The average Bonchev–Trinajstić information content (AvgIpc) is 3.23. The molecule has 2 aliphatic carbocycles. The van der Waals surface area contributed by atoms with Crippen molar-refractivity contribution in [3.63, 3.8) is 0 Å². The summed E-state index contributed by atoms with van der Waals surface area (Å²) in [5, 5.41) is 7.52. The van der Waals surface area contributed by atoms with E-state index in [0.29, 0.717) is 11.3 Å². The maximum absolute atomic E-state index is 12.3. The minimum Gasteiger partial charge on any atom is -0.357 e. The lowest BCUT2D eigenvalue weighted by Gasteiger charge is -2.42. The molecule has 0 aromatic heterocycles. The van der Waals surface area contributed by atoms with E-state index in [-0.39, 0.29) is 5.54 Å². The Labute approximate surface area is 178 Å². The van der Waals surface area contributed by atoms with Gasteiger partial charge in [-0.1, -0.05) is 26.2 Å². The molecule has 1 saturated heterocycles. The summed E-state index contributed by atoms with van der Waals surface area (Å²) in [5.41, 5.74) is 0.280. The first-order valence-electron chi connectivity index (χ1n) is 11.4. The molecule has 0 bridgehead atoms. The molecule has 1 heterocycles. The highest BCUT2D eigenvalue weighted by molar-refractivity contribution is 7.99. The van der Waals surface area contributed by atoms with E-state index < -0.39 is 10.8 Å². The second-order valence-electron chi connectivity index (χ2n) is 8.53. The molecule has 0 spiro atoms. The fraction of sp³-hybridized carbons (Fsp3) is 0.952. The van der Waals surface area contributed by atoms with Crippen LogP contribution in [0.25, 0.3) is 0 Å². The first-order chi connectivity index (χ1) is 13.7. The van der Waals surface area contributed by atoms with Gasteiger partial charge in [0.05, 0.1) is 6.54 Å². The highest BCUT2D eigenvalue weighted by atomic mass is 32.2. The molecule has 2 N–H and O–H groups in total. The zero-order chi connectivity index (χ0) is 19.8. The summed E-state index contributed by atoms with van der Waals surface area (Å²) in [6.45, 7) is 8.41. The van der Waals surface area contributed by atoms with Gasteiger partial charge < -0.3 is 10.6 Å². The van der Waals surface area contributed by atoms with Crippen LogP contribution in [0.5, 0.6) is 0 Å². The molecule has 3 fully saturated rings. The number of thioether (sulfide) groups is 1. The molecule has 28 heavy (non-hydrogen) atoms. The molecule has 3 rings (SSSR count). The van der Waals surface area contributed by atoms with E-state index in [2.05, 4.69) is 34.2 Å². The van der Waals surface area contributed by atoms with Gasteiger partial charge in [-0.3, -0.25) is 14.1 Å². The van der Waals surface area contributed by atoms with E-state index in [4.69, 9.17) is 4.99 Å². The van der Waals surface area contributed by atoms with Crippen LogP contribution in [-0.4, -0.2) is 75.3 Å². The average molecular weight is 429 g/mol. The largest absolute Gasteiger partial charge is 0.357 e. The normalized spacial score (nSPS) is 30.1. The van der Waals surface area contributed by atoms with Gasteiger partial charge in [-0.25, -0.2) is 0 Å². The smallest absolute Gasteiger partial charge is 0.191 e. The Morgan fingerprint density at radius 1 is 1.18 bits per heavy atom. The van der Waals surface area contributed by atoms with Crippen molar-refractivity contribution >= 4 is 28.5 Å². The minimum atomic E-state index is -0.677. The summed E-state index contributed by atoms with van der Waals surface area (Å²) in [4.78, 5) is 7.84. The van der Waals surface area contributed by atoms with Crippen molar-refractivity contribution in [3.05, 3.63) is 0 Å². The van der Waals surface area contributed by atoms with E-state index in [9.17, 15) is 4.21 Å². The molecule has 2 saturated carbocycles. The molecule has 0 amide bonds. The van der Waals surface area contributed by atoms with Gasteiger partial charge in [0.2, 0.25) is 0 Å². The van der Waals surface area contributed by atoms with Gasteiger partial charge in [-0.2, -0.15) is 11.8 Å². The molecule has 0 aromatic rings. The molecular formula is C21H40N4OS2. The molecule has 0 radical (unpaired) electrons. The highest BCUT2D eigenvalue weighted by Crippen LogP contribution is 2.37. The molecule has 5 nitrogen and oxygen atoms in total. The Kier molecular flexibility index (Phi) is 8.98. The van der Waals surface area contributed by atoms with E-state index >= 15 is 0 Å². The Hall–Kier alpha value is -0.270. The standard InChI is InChI=1S/C21H40N4OS2/c1-3-22-20(24-18-8-7-9-19(16-18)28(26)4-2)23-17-21(10-5-6-11-21)25-12-14-27-15-13-25/h18-19H,3-17H2,1-2H3,(H2,22,23,24). The fourth-order valence-corrected chi connectivity index (χ4v) is 7.39. The lowest BCUT2D eigenvalue weighted by molar-refractivity contribution is 0.112. The topological polar surface area (TPSA) is 56.7 Å². The van der Waals surface area contributed by atoms with Crippen molar-refractivity contribution in [3.8, 4) is 0 Å². The van der Waals surface area contributed by atoms with Crippen molar-refractivity contribution in [2.75, 3.05) is 43.4 Å². The number of aliphatic imine (C=N–C) groups is 1. The lowest BCUT2D eigenvalue weighted by atomic mass is 9.94. The van der Waals surface area contributed by atoms with Gasteiger partial charge in [0.15, 0.2) is 5.96 Å². The van der Waals surface area contributed by atoms with Crippen LogP contribution in [0, 0.1) is 0 Å². The molecule has 0 aromatic carbocycles. The summed E-state index contributed by atoms with van der Waals surface area (Å²) in [7, 11) is -0.677. The number of nitrogens with zero attached hydrogens (tertiary/aromatic N) is 2. The van der Waals surface area contributed by atoms with Crippen LogP contribution in [0.2, 0.25) is 0 Å². The second kappa shape index (κ2) is 11.2. The van der Waals surface area contributed by atoms with Crippen molar-refractivity contribution in [1.29, 1.82) is 0 Å². The van der Waals surface area contributed by atoms with Crippen LogP contribution in [-0.2, 0) is 10.8 Å². The van der Waals surface area contributed by atoms with Crippen molar-refractivity contribution in [2.24, 2.45) is 4.99 Å². The van der Waals surface area contributed by atoms with Crippen LogP contribution in [0.3, 0.4) is 0 Å². The zero-order valence-corrected chi connectivity index (χ0v) is 19.5. The third-order valence-corrected chi connectivity index (χ3v) is 9.40. The highest BCUT2D eigenvalue weighted by Gasteiger charge is 2.40. The Balaban J connectivity index is 1.63. The maximum atomic E-state index is 12.3. The number of hydrogen-bond donors (Lipinski definition) is 2. The predicted octanol–water partition coefficient (Wildman–Crippen LogP) is 2.98. The fourth-order valence-electron chi connectivity index (χ4n) is 5.14. The molecule has 7 heteroatoms. The van der Waals surface area contributed by atoms with Crippen LogP contribution in [0.15, 0.2) is 4.99 Å². The number of guanidine groups is 1. The van der Waals surface area contributed by atoms with Crippen molar-refractivity contribution < 1.29 is 4.21 Å². The van der Waals surface area contributed by atoms with Gasteiger partial charge in [-0.05, 0) is 39.0 Å².